The second-order valence-electron chi connectivity index (χ2n) is 4.16. The van der Waals surface area contributed by atoms with Gasteiger partial charge in [0, 0.05) is 13.1 Å². The van der Waals surface area contributed by atoms with Gasteiger partial charge in [-0.1, -0.05) is 6.07 Å². The number of anilines is 1. The van der Waals surface area contributed by atoms with Gasteiger partial charge in [-0.2, -0.15) is 0 Å². The Labute approximate surface area is 104 Å². The molecule has 0 fully saturated rings. The van der Waals surface area contributed by atoms with Crippen molar-refractivity contribution in [1.29, 1.82) is 5.41 Å². The van der Waals surface area contributed by atoms with Crippen molar-refractivity contribution in [2.45, 2.75) is 13.1 Å². The molecule has 1 aliphatic heterocycles. The van der Waals surface area contributed by atoms with Gasteiger partial charge in [0.15, 0.2) is 5.82 Å². The fourth-order valence-corrected chi connectivity index (χ4v) is 2.01. The number of nitrogen functional groups attached to an aromatic ring is 1. The van der Waals surface area contributed by atoms with Crippen molar-refractivity contribution in [3.8, 4) is 0 Å². The molecule has 0 amide bonds. The van der Waals surface area contributed by atoms with Crippen molar-refractivity contribution in [2.24, 2.45) is 5.73 Å². The van der Waals surface area contributed by atoms with Crippen LogP contribution in [-0.2, 0) is 13.1 Å². The molecule has 0 atom stereocenters. The van der Waals surface area contributed by atoms with Gasteiger partial charge in [-0.15, -0.1) is 10.2 Å². The van der Waals surface area contributed by atoms with Crippen LogP contribution in [0.1, 0.15) is 11.5 Å². The number of nitrogens with zero attached hydrogens (tertiary/aromatic N) is 5. The summed E-state index contributed by atoms with van der Waals surface area (Å²) in [5.41, 5.74) is 5.95. The highest BCUT2D eigenvalue weighted by Gasteiger charge is 2.18. The smallest absolute Gasteiger partial charge is 0.152 e. The van der Waals surface area contributed by atoms with Crippen molar-refractivity contribution in [2.75, 3.05) is 11.4 Å². The number of pyridine rings is 1. The third-order valence-corrected chi connectivity index (χ3v) is 2.97. The molecule has 0 saturated carbocycles. The van der Waals surface area contributed by atoms with E-state index in [1.807, 2.05) is 16.7 Å². The largest absolute Gasteiger partial charge is 0.382 e. The standard InChI is InChI=1S/C11H13N7/c12-11(13)8-2-1-3-9(15-8)17-4-5-18-7-14-16-10(18)6-17/h1-3,7H,4-6H2,(H3,12,13). The van der Waals surface area contributed by atoms with E-state index >= 15 is 0 Å². The lowest BCUT2D eigenvalue weighted by Gasteiger charge is -2.28. The molecule has 7 nitrogen and oxygen atoms in total. The van der Waals surface area contributed by atoms with E-state index in [-0.39, 0.29) is 5.84 Å². The van der Waals surface area contributed by atoms with Gasteiger partial charge in [0.05, 0.1) is 6.54 Å². The molecular formula is C11H13N7. The predicted octanol–water partition coefficient (Wildman–Crippen LogP) is -0.0226. The monoisotopic (exact) mass is 243 g/mol. The first-order valence-electron chi connectivity index (χ1n) is 5.67. The maximum Gasteiger partial charge on any atom is 0.152 e. The topological polar surface area (TPSA) is 96.7 Å². The summed E-state index contributed by atoms with van der Waals surface area (Å²) in [6.45, 7) is 2.36. The third kappa shape index (κ3) is 1.79. The average molecular weight is 243 g/mol. The Hall–Kier alpha value is -2.44. The van der Waals surface area contributed by atoms with Crippen LogP contribution in [0.3, 0.4) is 0 Å². The van der Waals surface area contributed by atoms with Gasteiger partial charge in [-0.25, -0.2) is 4.98 Å². The molecule has 1 aliphatic rings. The van der Waals surface area contributed by atoms with E-state index in [1.54, 1.807) is 12.4 Å². The Bertz CT molecular complexity index is 589. The molecule has 92 valence electrons. The number of hydrogen-bond acceptors (Lipinski definition) is 5. The van der Waals surface area contributed by atoms with Gasteiger partial charge in [0.1, 0.15) is 23.7 Å². The highest BCUT2D eigenvalue weighted by Crippen LogP contribution is 2.17. The summed E-state index contributed by atoms with van der Waals surface area (Å²) >= 11 is 0. The third-order valence-electron chi connectivity index (χ3n) is 2.97. The van der Waals surface area contributed by atoms with E-state index in [9.17, 15) is 0 Å². The van der Waals surface area contributed by atoms with Crippen molar-refractivity contribution < 1.29 is 0 Å². The lowest BCUT2D eigenvalue weighted by Crippen LogP contribution is -2.34. The van der Waals surface area contributed by atoms with Crippen LogP contribution >= 0.6 is 0 Å². The molecule has 0 bridgehead atoms. The van der Waals surface area contributed by atoms with E-state index in [4.69, 9.17) is 11.1 Å². The van der Waals surface area contributed by atoms with Gasteiger partial charge < -0.3 is 15.2 Å². The number of hydrogen-bond donors (Lipinski definition) is 2. The molecule has 0 spiro atoms. The van der Waals surface area contributed by atoms with Crippen molar-refractivity contribution >= 4 is 11.7 Å². The summed E-state index contributed by atoms with van der Waals surface area (Å²) in [6.07, 6.45) is 1.74. The zero-order chi connectivity index (χ0) is 12.5. The summed E-state index contributed by atoms with van der Waals surface area (Å²) in [6, 6.07) is 5.51. The Morgan fingerprint density at radius 3 is 3.06 bits per heavy atom. The van der Waals surface area contributed by atoms with E-state index < -0.39 is 0 Å². The molecule has 3 rings (SSSR count). The van der Waals surface area contributed by atoms with Crippen LogP contribution in [0.4, 0.5) is 5.82 Å². The maximum absolute atomic E-state index is 7.41. The average Bonchev–Trinajstić information content (AvgIpc) is 2.86. The molecule has 3 N–H and O–H groups in total. The summed E-state index contributed by atoms with van der Waals surface area (Å²) < 4.78 is 2.03. The zero-order valence-corrected chi connectivity index (χ0v) is 9.74. The highest BCUT2D eigenvalue weighted by atomic mass is 15.3. The van der Waals surface area contributed by atoms with Gasteiger partial charge in [0.2, 0.25) is 0 Å². The summed E-state index contributed by atoms with van der Waals surface area (Å²) in [7, 11) is 0. The fraction of sp³-hybridized carbons (Fsp3) is 0.273. The van der Waals surface area contributed by atoms with Crippen molar-refractivity contribution in [3.63, 3.8) is 0 Å². The minimum atomic E-state index is -0.0166. The highest BCUT2D eigenvalue weighted by molar-refractivity contribution is 5.93. The van der Waals surface area contributed by atoms with Gasteiger partial charge in [-0.05, 0) is 12.1 Å². The number of rotatable bonds is 2. The van der Waals surface area contributed by atoms with E-state index in [2.05, 4.69) is 20.1 Å². The SMILES string of the molecule is N=C(N)c1cccc(N2CCn3cnnc3C2)n1. The second kappa shape index (κ2) is 4.10. The molecule has 0 aliphatic carbocycles. The van der Waals surface area contributed by atoms with Crippen LogP contribution < -0.4 is 10.6 Å². The number of fused-ring (bicyclic) bond motifs is 1. The van der Waals surface area contributed by atoms with Crippen LogP contribution in [0.5, 0.6) is 0 Å². The van der Waals surface area contributed by atoms with E-state index in [0.29, 0.717) is 12.2 Å². The minimum absolute atomic E-state index is 0.0166. The molecule has 2 aromatic rings. The van der Waals surface area contributed by atoms with Crippen molar-refractivity contribution in [3.05, 3.63) is 36.0 Å². The molecule has 0 unspecified atom stereocenters. The first kappa shape index (κ1) is 10.7. The van der Waals surface area contributed by atoms with E-state index in [0.717, 1.165) is 24.7 Å². The van der Waals surface area contributed by atoms with E-state index in [1.165, 1.54) is 0 Å². The molecular weight excluding hydrogens is 230 g/mol. The number of aromatic nitrogens is 4. The Kier molecular flexibility index (Phi) is 2.44. The quantitative estimate of drug-likeness (QED) is 0.570. The van der Waals surface area contributed by atoms with Crippen LogP contribution in [-0.4, -0.2) is 32.1 Å². The second-order valence-corrected chi connectivity index (χ2v) is 4.16. The van der Waals surface area contributed by atoms with Gasteiger partial charge in [0.25, 0.3) is 0 Å². The van der Waals surface area contributed by atoms with Crippen LogP contribution in [0.15, 0.2) is 24.5 Å². The fourth-order valence-electron chi connectivity index (χ4n) is 2.01. The predicted molar refractivity (Wildman–Crippen MR) is 66.3 cm³/mol. The van der Waals surface area contributed by atoms with Crippen LogP contribution in [0, 0.1) is 5.41 Å². The summed E-state index contributed by atoms with van der Waals surface area (Å²) in [5.74, 6) is 1.73. The van der Waals surface area contributed by atoms with Crippen LogP contribution in [0.2, 0.25) is 0 Å². The number of nitrogens with one attached hydrogen (secondary N) is 1. The zero-order valence-electron chi connectivity index (χ0n) is 9.74. The molecule has 0 saturated heterocycles. The van der Waals surface area contributed by atoms with Gasteiger partial charge in [-0.3, -0.25) is 5.41 Å². The number of amidine groups is 1. The van der Waals surface area contributed by atoms with Gasteiger partial charge >= 0.3 is 0 Å². The Morgan fingerprint density at radius 1 is 1.33 bits per heavy atom. The van der Waals surface area contributed by atoms with Crippen molar-refractivity contribution in [1.82, 2.24) is 19.7 Å². The molecule has 7 heteroatoms. The molecule has 18 heavy (non-hydrogen) atoms. The molecule has 3 heterocycles. The summed E-state index contributed by atoms with van der Waals surface area (Å²) in [5, 5.41) is 15.4. The molecule has 0 radical (unpaired) electrons. The Balaban J connectivity index is 1.88. The first-order valence-corrected chi connectivity index (χ1v) is 5.67. The Morgan fingerprint density at radius 2 is 2.22 bits per heavy atom. The van der Waals surface area contributed by atoms with Crippen LogP contribution in [0.25, 0.3) is 0 Å². The lowest BCUT2D eigenvalue weighted by molar-refractivity contribution is 0.556. The molecule has 2 aromatic heterocycles. The summed E-state index contributed by atoms with van der Waals surface area (Å²) in [4.78, 5) is 6.48. The normalized spacial score (nSPS) is 14.3. The molecule has 0 aromatic carbocycles. The minimum Gasteiger partial charge on any atom is -0.382 e. The maximum atomic E-state index is 7.41. The lowest BCUT2D eigenvalue weighted by atomic mass is 10.3. The first-order chi connectivity index (χ1) is 8.74. The number of nitrogens with two attached hydrogens (primary N) is 1.